The maximum Gasteiger partial charge on any atom is 0.293 e. The van der Waals surface area contributed by atoms with Crippen molar-refractivity contribution in [1.82, 2.24) is 9.55 Å². The van der Waals surface area contributed by atoms with Gasteiger partial charge in [-0.25, -0.2) is 9.37 Å². The molecule has 1 unspecified atom stereocenters. The van der Waals surface area contributed by atoms with Gasteiger partial charge in [0.2, 0.25) is 0 Å². The zero-order valence-electron chi connectivity index (χ0n) is 11.1. The zero-order chi connectivity index (χ0) is 14.0. The maximum atomic E-state index is 13.5. The lowest BCUT2D eigenvalue weighted by Gasteiger charge is -2.15. The van der Waals surface area contributed by atoms with Gasteiger partial charge in [0.05, 0.1) is 6.04 Å². The van der Waals surface area contributed by atoms with Crippen molar-refractivity contribution in [3.8, 4) is 0 Å². The highest BCUT2D eigenvalue weighted by atomic mass is 19.1. The summed E-state index contributed by atoms with van der Waals surface area (Å²) in [6.45, 7) is 3.57. The summed E-state index contributed by atoms with van der Waals surface area (Å²) in [5.74, 6) is 0.0126. The summed E-state index contributed by atoms with van der Waals surface area (Å²) in [6.07, 6.45) is 3.13. The highest BCUT2D eigenvalue weighted by Gasteiger charge is 2.10. The average molecular weight is 261 g/mol. The number of aromatic nitrogens is 2. The van der Waals surface area contributed by atoms with E-state index in [1.165, 1.54) is 10.6 Å². The van der Waals surface area contributed by atoms with Crippen molar-refractivity contribution in [1.29, 1.82) is 0 Å². The van der Waals surface area contributed by atoms with Crippen LogP contribution >= 0.6 is 0 Å². The Balaban J connectivity index is 2.25. The van der Waals surface area contributed by atoms with Crippen molar-refractivity contribution in [2.45, 2.75) is 19.9 Å². The number of anilines is 1. The van der Waals surface area contributed by atoms with Gasteiger partial charge in [-0.2, -0.15) is 0 Å². The van der Waals surface area contributed by atoms with Crippen molar-refractivity contribution < 1.29 is 4.39 Å². The molecule has 0 fully saturated rings. The molecule has 100 valence electrons. The second-order valence-corrected chi connectivity index (χ2v) is 4.57. The molecule has 2 aromatic rings. The minimum absolute atomic E-state index is 0.197. The van der Waals surface area contributed by atoms with Crippen molar-refractivity contribution in [2.75, 3.05) is 5.32 Å². The van der Waals surface area contributed by atoms with Gasteiger partial charge in [-0.3, -0.25) is 4.79 Å². The van der Waals surface area contributed by atoms with E-state index >= 15 is 0 Å². The molecule has 0 saturated carbocycles. The molecule has 0 saturated heterocycles. The smallest absolute Gasteiger partial charge is 0.293 e. The van der Waals surface area contributed by atoms with Crippen molar-refractivity contribution in [3.05, 3.63) is 57.9 Å². The number of hydrogen-bond donors (Lipinski definition) is 1. The summed E-state index contributed by atoms with van der Waals surface area (Å²) in [5, 5.41) is 3.00. The first-order valence-electron chi connectivity index (χ1n) is 6.03. The van der Waals surface area contributed by atoms with Gasteiger partial charge in [0.25, 0.3) is 5.56 Å². The molecule has 2 rings (SSSR count). The van der Waals surface area contributed by atoms with E-state index in [0.29, 0.717) is 5.56 Å². The Bertz CT molecular complexity index is 651. The third kappa shape index (κ3) is 2.81. The molecule has 1 aromatic heterocycles. The Morgan fingerprint density at radius 3 is 2.84 bits per heavy atom. The number of halogens is 1. The minimum atomic E-state index is -0.250. The van der Waals surface area contributed by atoms with Crippen LogP contribution in [0.15, 0.2) is 35.4 Å². The monoisotopic (exact) mass is 261 g/mol. The second-order valence-electron chi connectivity index (χ2n) is 4.57. The first-order chi connectivity index (χ1) is 8.99. The van der Waals surface area contributed by atoms with Gasteiger partial charge in [-0.05, 0) is 31.0 Å². The Morgan fingerprint density at radius 2 is 2.16 bits per heavy atom. The van der Waals surface area contributed by atoms with E-state index in [1.54, 1.807) is 32.4 Å². The standard InChI is InChI=1S/C14H16FN3O/c1-9-4-5-11(8-12(9)15)10(2)17-13-14(19)18(3)7-6-16-13/h4-8,10H,1-3H3,(H,16,17). The van der Waals surface area contributed by atoms with E-state index in [9.17, 15) is 9.18 Å². The maximum absolute atomic E-state index is 13.5. The van der Waals surface area contributed by atoms with Gasteiger partial charge in [0, 0.05) is 19.4 Å². The Hall–Kier alpha value is -2.17. The fraction of sp³-hybridized carbons (Fsp3) is 0.286. The molecular weight excluding hydrogens is 245 g/mol. The molecule has 5 heteroatoms. The van der Waals surface area contributed by atoms with Crippen molar-refractivity contribution in [2.24, 2.45) is 7.05 Å². The minimum Gasteiger partial charge on any atom is -0.359 e. The molecular formula is C14H16FN3O. The van der Waals surface area contributed by atoms with Gasteiger partial charge in [0.15, 0.2) is 5.82 Å². The van der Waals surface area contributed by atoms with Crippen molar-refractivity contribution in [3.63, 3.8) is 0 Å². The molecule has 1 aromatic carbocycles. The normalized spacial score (nSPS) is 12.2. The van der Waals surface area contributed by atoms with Gasteiger partial charge < -0.3 is 9.88 Å². The lowest BCUT2D eigenvalue weighted by molar-refractivity contribution is 0.614. The molecule has 4 nitrogen and oxygen atoms in total. The molecule has 0 aliphatic rings. The third-order valence-electron chi connectivity index (χ3n) is 3.07. The fourth-order valence-corrected chi connectivity index (χ4v) is 1.76. The molecule has 1 heterocycles. The van der Waals surface area contributed by atoms with E-state index in [1.807, 2.05) is 13.0 Å². The number of benzene rings is 1. The quantitative estimate of drug-likeness (QED) is 0.923. The van der Waals surface area contributed by atoms with Crippen molar-refractivity contribution >= 4 is 5.82 Å². The number of nitrogens with zero attached hydrogens (tertiary/aromatic N) is 2. The van der Waals surface area contributed by atoms with Gasteiger partial charge in [-0.15, -0.1) is 0 Å². The molecule has 1 N–H and O–H groups in total. The Morgan fingerprint density at radius 1 is 1.42 bits per heavy atom. The molecule has 0 aliphatic carbocycles. The van der Waals surface area contributed by atoms with Crippen LogP contribution in [0.2, 0.25) is 0 Å². The predicted octanol–water partition coefficient (Wildman–Crippen LogP) is 2.40. The predicted molar refractivity (Wildman–Crippen MR) is 72.7 cm³/mol. The number of nitrogens with one attached hydrogen (secondary N) is 1. The number of hydrogen-bond acceptors (Lipinski definition) is 3. The van der Waals surface area contributed by atoms with Gasteiger partial charge in [0.1, 0.15) is 5.82 Å². The van der Waals surface area contributed by atoms with Crippen LogP contribution in [-0.2, 0) is 7.05 Å². The largest absolute Gasteiger partial charge is 0.359 e. The SMILES string of the molecule is Cc1ccc(C(C)Nc2nccn(C)c2=O)cc1F. The van der Waals surface area contributed by atoms with E-state index < -0.39 is 0 Å². The molecule has 0 amide bonds. The van der Waals surface area contributed by atoms with Crippen LogP contribution in [0.25, 0.3) is 0 Å². The average Bonchev–Trinajstić information content (AvgIpc) is 2.38. The van der Waals surface area contributed by atoms with Crippen LogP contribution in [0.1, 0.15) is 24.1 Å². The van der Waals surface area contributed by atoms with Crippen LogP contribution in [0.4, 0.5) is 10.2 Å². The third-order valence-corrected chi connectivity index (χ3v) is 3.07. The molecule has 0 bridgehead atoms. The van der Waals surface area contributed by atoms with Gasteiger partial charge in [-0.1, -0.05) is 12.1 Å². The van der Waals surface area contributed by atoms with Crippen LogP contribution < -0.4 is 10.9 Å². The van der Waals surface area contributed by atoms with E-state index in [2.05, 4.69) is 10.3 Å². The topological polar surface area (TPSA) is 46.9 Å². The zero-order valence-corrected chi connectivity index (χ0v) is 11.1. The summed E-state index contributed by atoms with van der Waals surface area (Å²) < 4.78 is 15.0. The Labute approximate surface area is 110 Å². The summed E-state index contributed by atoms with van der Waals surface area (Å²) in [6, 6.07) is 4.83. The van der Waals surface area contributed by atoms with E-state index in [0.717, 1.165) is 5.56 Å². The first kappa shape index (κ1) is 13.3. The molecule has 0 spiro atoms. The molecule has 0 aliphatic heterocycles. The lowest BCUT2D eigenvalue weighted by Crippen LogP contribution is -2.23. The summed E-state index contributed by atoms with van der Waals surface area (Å²) >= 11 is 0. The van der Waals surface area contributed by atoms with Crippen LogP contribution in [0, 0.1) is 12.7 Å². The van der Waals surface area contributed by atoms with E-state index in [4.69, 9.17) is 0 Å². The van der Waals surface area contributed by atoms with Crippen LogP contribution in [0.3, 0.4) is 0 Å². The fourth-order valence-electron chi connectivity index (χ4n) is 1.76. The number of aryl methyl sites for hydroxylation is 2. The second kappa shape index (κ2) is 5.22. The van der Waals surface area contributed by atoms with Crippen LogP contribution in [0.5, 0.6) is 0 Å². The van der Waals surface area contributed by atoms with E-state index in [-0.39, 0.29) is 23.2 Å². The summed E-state index contributed by atoms with van der Waals surface area (Å²) in [5.41, 5.74) is 1.17. The summed E-state index contributed by atoms with van der Waals surface area (Å²) in [7, 11) is 1.66. The highest BCUT2D eigenvalue weighted by Crippen LogP contribution is 2.18. The Kier molecular flexibility index (Phi) is 3.64. The van der Waals surface area contributed by atoms with Gasteiger partial charge >= 0.3 is 0 Å². The highest BCUT2D eigenvalue weighted by molar-refractivity contribution is 5.36. The first-order valence-corrected chi connectivity index (χ1v) is 6.03. The number of rotatable bonds is 3. The molecule has 19 heavy (non-hydrogen) atoms. The lowest BCUT2D eigenvalue weighted by atomic mass is 10.1. The summed E-state index contributed by atoms with van der Waals surface area (Å²) in [4.78, 5) is 15.8. The van der Waals surface area contributed by atoms with Crippen LogP contribution in [-0.4, -0.2) is 9.55 Å². The molecule has 1 atom stereocenters. The molecule has 0 radical (unpaired) electrons.